The standard InChI is InChI=1S/C21H29ClN4O3/c1-14(24-19(28)29-20(3,4)5)9-10-16-13-23-18(22)25-17(16)26-21(15(2)27)11-7-6-8-12-21/h13-14H,6-8,11-12H2,1-5H3,(H,24,28)(H,23,25,26). The minimum absolute atomic E-state index is 0.0748. The van der Waals surface area contributed by atoms with Gasteiger partial charge in [0.05, 0.1) is 17.1 Å². The van der Waals surface area contributed by atoms with Crippen LogP contribution < -0.4 is 10.6 Å². The lowest BCUT2D eigenvalue weighted by molar-refractivity contribution is -0.122. The Labute approximate surface area is 177 Å². The van der Waals surface area contributed by atoms with Crippen LogP contribution in [0.2, 0.25) is 5.28 Å². The van der Waals surface area contributed by atoms with Gasteiger partial charge in [-0.3, -0.25) is 4.79 Å². The maximum atomic E-state index is 12.4. The number of ether oxygens (including phenoxy) is 1. The van der Waals surface area contributed by atoms with Crippen molar-refractivity contribution in [3.63, 3.8) is 0 Å². The molecule has 1 heterocycles. The van der Waals surface area contributed by atoms with Gasteiger partial charge in [-0.1, -0.05) is 31.1 Å². The zero-order valence-corrected chi connectivity index (χ0v) is 18.4. The van der Waals surface area contributed by atoms with Gasteiger partial charge in [-0.05, 0) is 59.1 Å². The number of Topliss-reactive ketones (excluding diaryl/α,β-unsaturated/α-hetero) is 1. The monoisotopic (exact) mass is 420 g/mol. The van der Waals surface area contributed by atoms with Crippen LogP contribution in [0.15, 0.2) is 6.20 Å². The molecule has 0 bridgehead atoms. The van der Waals surface area contributed by atoms with E-state index in [0.717, 1.165) is 32.1 Å². The third-order valence-corrected chi connectivity index (χ3v) is 4.84. The molecule has 1 aromatic rings. The second-order valence-electron chi connectivity index (χ2n) is 8.36. The summed E-state index contributed by atoms with van der Waals surface area (Å²) < 4.78 is 5.23. The van der Waals surface area contributed by atoms with E-state index >= 15 is 0 Å². The molecule has 29 heavy (non-hydrogen) atoms. The number of hydrogen-bond donors (Lipinski definition) is 2. The first kappa shape index (κ1) is 23.0. The number of anilines is 1. The molecule has 2 N–H and O–H groups in total. The number of aromatic nitrogens is 2. The minimum Gasteiger partial charge on any atom is -0.444 e. The first-order chi connectivity index (χ1) is 13.5. The maximum Gasteiger partial charge on any atom is 0.408 e. The van der Waals surface area contributed by atoms with E-state index in [0.29, 0.717) is 11.4 Å². The van der Waals surface area contributed by atoms with Crippen LogP contribution in [-0.2, 0) is 9.53 Å². The van der Waals surface area contributed by atoms with Crippen LogP contribution in [0.3, 0.4) is 0 Å². The lowest BCUT2D eigenvalue weighted by Gasteiger charge is -2.36. The fraction of sp³-hybridized carbons (Fsp3) is 0.619. The number of nitrogens with zero attached hydrogens (tertiary/aromatic N) is 2. The Balaban J connectivity index is 2.20. The molecular formula is C21H29ClN4O3. The molecule has 7 nitrogen and oxygen atoms in total. The summed E-state index contributed by atoms with van der Waals surface area (Å²) in [7, 11) is 0. The first-order valence-electron chi connectivity index (χ1n) is 9.83. The third-order valence-electron chi connectivity index (χ3n) is 4.65. The van der Waals surface area contributed by atoms with Crippen LogP contribution in [0.1, 0.15) is 72.3 Å². The molecule has 0 aliphatic heterocycles. The zero-order chi connectivity index (χ0) is 21.7. The van der Waals surface area contributed by atoms with E-state index in [1.54, 1.807) is 34.6 Å². The molecule has 1 fully saturated rings. The molecule has 2 rings (SSSR count). The first-order valence-corrected chi connectivity index (χ1v) is 10.2. The largest absolute Gasteiger partial charge is 0.444 e. The highest BCUT2D eigenvalue weighted by Crippen LogP contribution is 2.33. The Bertz CT molecular complexity index is 817. The molecule has 158 valence electrons. The van der Waals surface area contributed by atoms with Crippen molar-refractivity contribution in [1.29, 1.82) is 0 Å². The number of ketones is 1. The van der Waals surface area contributed by atoms with E-state index in [4.69, 9.17) is 16.3 Å². The molecule has 1 saturated carbocycles. The molecule has 0 saturated heterocycles. The second-order valence-corrected chi connectivity index (χ2v) is 8.70. The predicted molar refractivity (Wildman–Crippen MR) is 113 cm³/mol. The number of hydrogen-bond acceptors (Lipinski definition) is 6. The molecule has 8 heteroatoms. The van der Waals surface area contributed by atoms with Crippen molar-refractivity contribution in [3.8, 4) is 11.8 Å². The molecule has 0 radical (unpaired) electrons. The number of rotatable bonds is 4. The summed E-state index contributed by atoms with van der Waals surface area (Å²) >= 11 is 5.98. The lowest BCUT2D eigenvalue weighted by atomic mass is 9.79. The van der Waals surface area contributed by atoms with E-state index in [2.05, 4.69) is 32.4 Å². The number of amides is 1. The Hall–Kier alpha value is -2.33. The van der Waals surface area contributed by atoms with Gasteiger partial charge in [-0.2, -0.15) is 4.98 Å². The number of alkyl carbamates (subject to hydrolysis) is 1. The lowest BCUT2D eigenvalue weighted by Crippen LogP contribution is -2.47. The zero-order valence-electron chi connectivity index (χ0n) is 17.7. The average molecular weight is 421 g/mol. The van der Waals surface area contributed by atoms with E-state index in [9.17, 15) is 9.59 Å². The summed E-state index contributed by atoms with van der Waals surface area (Å²) in [5, 5.41) is 6.04. The van der Waals surface area contributed by atoms with Gasteiger partial charge in [0.15, 0.2) is 5.78 Å². The molecule has 1 aliphatic carbocycles. The Morgan fingerprint density at radius 2 is 1.93 bits per heavy atom. The van der Waals surface area contributed by atoms with Gasteiger partial charge in [0.25, 0.3) is 0 Å². The van der Waals surface area contributed by atoms with Gasteiger partial charge in [0.1, 0.15) is 11.4 Å². The summed E-state index contributed by atoms with van der Waals surface area (Å²) in [6.07, 6.45) is 5.53. The maximum absolute atomic E-state index is 12.4. The van der Waals surface area contributed by atoms with Crippen molar-refractivity contribution in [2.75, 3.05) is 5.32 Å². The van der Waals surface area contributed by atoms with Gasteiger partial charge < -0.3 is 15.4 Å². The van der Waals surface area contributed by atoms with E-state index in [-0.39, 0.29) is 11.1 Å². The van der Waals surface area contributed by atoms with Crippen LogP contribution in [-0.4, -0.2) is 39.0 Å². The Kier molecular flexibility index (Phi) is 7.48. The quantitative estimate of drug-likeness (QED) is 0.562. The molecule has 0 spiro atoms. The van der Waals surface area contributed by atoms with Crippen LogP contribution in [0.4, 0.5) is 10.6 Å². The van der Waals surface area contributed by atoms with Crippen molar-refractivity contribution in [2.24, 2.45) is 0 Å². The van der Waals surface area contributed by atoms with Crippen LogP contribution >= 0.6 is 11.6 Å². The summed E-state index contributed by atoms with van der Waals surface area (Å²) in [6, 6.07) is -0.454. The normalized spacial score (nSPS) is 16.8. The highest BCUT2D eigenvalue weighted by molar-refractivity contribution is 6.28. The molecule has 1 atom stereocenters. The average Bonchev–Trinajstić information content (AvgIpc) is 2.60. The Morgan fingerprint density at radius 3 is 2.52 bits per heavy atom. The van der Waals surface area contributed by atoms with Gasteiger partial charge in [-0.25, -0.2) is 9.78 Å². The molecule has 1 aliphatic rings. The van der Waals surface area contributed by atoms with Crippen LogP contribution in [0.25, 0.3) is 0 Å². The summed E-state index contributed by atoms with van der Waals surface area (Å²) in [4.78, 5) is 32.5. The van der Waals surface area contributed by atoms with E-state index < -0.39 is 23.3 Å². The van der Waals surface area contributed by atoms with Crippen LogP contribution in [0, 0.1) is 11.8 Å². The van der Waals surface area contributed by atoms with Crippen molar-refractivity contribution in [2.45, 2.75) is 83.9 Å². The van der Waals surface area contributed by atoms with Crippen LogP contribution in [0.5, 0.6) is 0 Å². The predicted octanol–water partition coefficient (Wildman–Crippen LogP) is 4.10. The summed E-state index contributed by atoms with van der Waals surface area (Å²) in [5.74, 6) is 6.43. The third kappa shape index (κ3) is 6.90. The SMILES string of the molecule is CC(=O)C1(Nc2nc(Cl)ncc2C#CC(C)NC(=O)OC(C)(C)C)CCCCC1. The molecule has 1 amide bonds. The molecule has 0 aromatic carbocycles. The van der Waals surface area contributed by atoms with Gasteiger partial charge in [-0.15, -0.1) is 0 Å². The van der Waals surface area contributed by atoms with E-state index in [1.165, 1.54) is 6.20 Å². The highest BCUT2D eigenvalue weighted by atomic mass is 35.5. The number of carbonyl (C=O) groups excluding carboxylic acids is 2. The highest BCUT2D eigenvalue weighted by Gasteiger charge is 2.37. The molecule has 1 aromatic heterocycles. The van der Waals surface area contributed by atoms with E-state index in [1.807, 2.05) is 0 Å². The number of halogens is 1. The number of nitrogens with one attached hydrogen (secondary N) is 2. The molecular weight excluding hydrogens is 392 g/mol. The van der Waals surface area contributed by atoms with Gasteiger partial charge >= 0.3 is 6.09 Å². The topological polar surface area (TPSA) is 93.2 Å². The second kappa shape index (κ2) is 9.45. The van der Waals surface area contributed by atoms with Gasteiger partial charge in [0.2, 0.25) is 5.28 Å². The van der Waals surface area contributed by atoms with Crippen molar-refractivity contribution in [1.82, 2.24) is 15.3 Å². The van der Waals surface area contributed by atoms with Crippen molar-refractivity contribution < 1.29 is 14.3 Å². The molecule has 1 unspecified atom stereocenters. The van der Waals surface area contributed by atoms with Crippen molar-refractivity contribution in [3.05, 3.63) is 17.0 Å². The fourth-order valence-corrected chi connectivity index (χ4v) is 3.33. The van der Waals surface area contributed by atoms with Crippen molar-refractivity contribution >= 4 is 29.3 Å². The fourth-order valence-electron chi connectivity index (χ4n) is 3.20. The van der Waals surface area contributed by atoms with Gasteiger partial charge in [0, 0.05) is 6.20 Å². The Morgan fingerprint density at radius 1 is 1.28 bits per heavy atom. The smallest absolute Gasteiger partial charge is 0.408 e. The summed E-state index contributed by atoms with van der Waals surface area (Å²) in [6.45, 7) is 8.73. The number of carbonyl (C=O) groups is 2. The summed E-state index contributed by atoms with van der Waals surface area (Å²) in [5.41, 5.74) is -0.732. The minimum atomic E-state index is -0.660.